The number of aliphatic carboxylic acids is 1. The highest BCUT2D eigenvalue weighted by molar-refractivity contribution is 5.78. The highest BCUT2D eigenvalue weighted by Gasteiger charge is 2.28. The van der Waals surface area contributed by atoms with Crippen LogP contribution in [0.2, 0.25) is 0 Å². The predicted octanol–water partition coefficient (Wildman–Crippen LogP) is 0.512. The summed E-state index contributed by atoms with van der Waals surface area (Å²) >= 11 is 0. The minimum atomic E-state index is -1.05. The molecule has 1 saturated heterocycles. The van der Waals surface area contributed by atoms with Crippen LogP contribution in [0.1, 0.15) is 12.2 Å². The van der Waals surface area contributed by atoms with Crippen molar-refractivity contribution in [3.63, 3.8) is 0 Å². The summed E-state index contributed by atoms with van der Waals surface area (Å²) in [6.07, 6.45) is 1.35. The van der Waals surface area contributed by atoms with Crippen molar-refractivity contribution in [2.45, 2.75) is 18.9 Å². The van der Waals surface area contributed by atoms with E-state index in [0.29, 0.717) is 18.8 Å². The zero-order valence-electron chi connectivity index (χ0n) is 13.0. The number of carbonyl (C=O) groups is 2. The summed E-state index contributed by atoms with van der Waals surface area (Å²) in [6, 6.07) is 9.64. The zero-order valence-corrected chi connectivity index (χ0v) is 13.0. The molecular formula is C16H18N4O4. The first kappa shape index (κ1) is 16.1. The van der Waals surface area contributed by atoms with Gasteiger partial charge in [-0.05, 0) is 12.1 Å². The van der Waals surface area contributed by atoms with E-state index in [9.17, 15) is 9.59 Å². The molecule has 0 radical (unpaired) electrons. The Hall–Kier alpha value is -2.74. The number of morpholine rings is 1. The first-order chi connectivity index (χ1) is 11.6. The van der Waals surface area contributed by atoms with Crippen LogP contribution in [0.4, 0.5) is 0 Å². The summed E-state index contributed by atoms with van der Waals surface area (Å²) in [5.41, 5.74) is 0.933. The van der Waals surface area contributed by atoms with Crippen LogP contribution < -0.4 is 0 Å². The minimum absolute atomic E-state index is 0.0829. The number of carboxylic acids is 1. The lowest BCUT2D eigenvalue weighted by Gasteiger charge is -2.30. The van der Waals surface area contributed by atoms with Crippen molar-refractivity contribution >= 4 is 11.9 Å². The van der Waals surface area contributed by atoms with E-state index in [0.717, 1.165) is 5.69 Å². The van der Waals surface area contributed by atoms with Crippen LogP contribution >= 0.6 is 0 Å². The Morgan fingerprint density at radius 3 is 2.83 bits per heavy atom. The monoisotopic (exact) mass is 330 g/mol. The molecular weight excluding hydrogens is 312 g/mol. The van der Waals surface area contributed by atoms with Gasteiger partial charge >= 0.3 is 5.97 Å². The molecule has 24 heavy (non-hydrogen) atoms. The van der Waals surface area contributed by atoms with Crippen molar-refractivity contribution < 1.29 is 19.4 Å². The Bertz CT molecular complexity index is 716. The van der Waals surface area contributed by atoms with Crippen molar-refractivity contribution in [2.75, 3.05) is 19.7 Å². The molecule has 2 aromatic rings. The lowest BCUT2D eigenvalue weighted by atomic mass is 10.2. The topological polar surface area (TPSA) is 97.5 Å². The molecule has 3 rings (SSSR count). The quantitative estimate of drug-likeness (QED) is 0.858. The first-order valence-corrected chi connectivity index (χ1v) is 7.71. The van der Waals surface area contributed by atoms with Crippen molar-refractivity contribution in [3.05, 3.63) is 42.5 Å². The summed E-state index contributed by atoms with van der Waals surface area (Å²) in [5, 5.41) is 17.0. The lowest BCUT2D eigenvalue weighted by molar-refractivity contribution is -0.159. The molecule has 8 heteroatoms. The molecule has 0 bridgehead atoms. The number of benzene rings is 1. The fraction of sp³-hybridized carbons (Fsp3) is 0.375. The molecule has 1 amide bonds. The normalized spacial score (nSPS) is 17.7. The fourth-order valence-electron chi connectivity index (χ4n) is 2.64. The maximum atomic E-state index is 12.3. The molecule has 1 aromatic carbocycles. The average Bonchev–Trinajstić information content (AvgIpc) is 3.09. The Balaban J connectivity index is 1.61. The molecule has 1 aromatic heterocycles. The molecule has 2 heterocycles. The Morgan fingerprint density at radius 2 is 2.08 bits per heavy atom. The number of para-hydroxylation sites is 1. The van der Waals surface area contributed by atoms with E-state index in [4.69, 9.17) is 9.84 Å². The van der Waals surface area contributed by atoms with Gasteiger partial charge in [0.05, 0.1) is 13.2 Å². The number of hydrogen-bond acceptors (Lipinski definition) is 5. The number of aromatic nitrogens is 3. The van der Waals surface area contributed by atoms with E-state index < -0.39 is 12.1 Å². The van der Waals surface area contributed by atoms with Crippen LogP contribution in [0.25, 0.3) is 5.69 Å². The van der Waals surface area contributed by atoms with Gasteiger partial charge in [0.1, 0.15) is 12.2 Å². The van der Waals surface area contributed by atoms with Crippen LogP contribution in [0, 0.1) is 0 Å². The molecule has 0 saturated carbocycles. The second kappa shape index (κ2) is 7.22. The maximum absolute atomic E-state index is 12.3. The molecule has 1 aliphatic rings. The van der Waals surface area contributed by atoms with Crippen LogP contribution in [0.15, 0.2) is 36.7 Å². The van der Waals surface area contributed by atoms with Gasteiger partial charge in [-0.15, -0.1) is 10.2 Å². The van der Waals surface area contributed by atoms with Gasteiger partial charge in [0, 0.05) is 25.1 Å². The number of aryl methyl sites for hydroxylation is 1. The number of nitrogens with zero attached hydrogens (tertiary/aromatic N) is 4. The number of hydrogen-bond donors (Lipinski definition) is 1. The van der Waals surface area contributed by atoms with Gasteiger partial charge in [-0.25, -0.2) is 4.79 Å². The van der Waals surface area contributed by atoms with Gasteiger partial charge in [0.15, 0.2) is 6.10 Å². The highest BCUT2D eigenvalue weighted by Crippen LogP contribution is 2.12. The van der Waals surface area contributed by atoms with Crippen LogP contribution in [0.3, 0.4) is 0 Å². The highest BCUT2D eigenvalue weighted by atomic mass is 16.5. The van der Waals surface area contributed by atoms with Gasteiger partial charge in [0.25, 0.3) is 0 Å². The fourth-order valence-corrected chi connectivity index (χ4v) is 2.64. The van der Waals surface area contributed by atoms with E-state index in [-0.39, 0.29) is 25.5 Å². The van der Waals surface area contributed by atoms with E-state index in [1.54, 1.807) is 6.33 Å². The summed E-state index contributed by atoms with van der Waals surface area (Å²) in [7, 11) is 0. The largest absolute Gasteiger partial charge is 0.479 e. The van der Waals surface area contributed by atoms with Crippen molar-refractivity contribution in [3.8, 4) is 5.69 Å². The third-order valence-electron chi connectivity index (χ3n) is 3.91. The SMILES string of the molecule is O=C(O)C1CN(C(=O)CCc2nncn2-c2ccccc2)CCO1. The average molecular weight is 330 g/mol. The maximum Gasteiger partial charge on any atom is 0.334 e. The minimum Gasteiger partial charge on any atom is -0.479 e. The van der Waals surface area contributed by atoms with Gasteiger partial charge in [-0.2, -0.15) is 0 Å². The Morgan fingerprint density at radius 1 is 1.29 bits per heavy atom. The molecule has 0 aliphatic carbocycles. The third kappa shape index (κ3) is 3.60. The number of rotatable bonds is 5. The number of ether oxygens (including phenoxy) is 1. The smallest absolute Gasteiger partial charge is 0.334 e. The molecule has 1 atom stereocenters. The summed E-state index contributed by atoms with van der Waals surface area (Å²) in [5.74, 6) is -0.457. The van der Waals surface area contributed by atoms with Gasteiger partial charge < -0.3 is 14.7 Å². The second-order valence-corrected chi connectivity index (χ2v) is 5.49. The molecule has 126 valence electrons. The number of carbonyl (C=O) groups excluding carboxylic acids is 1. The van der Waals surface area contributed by atoms with Crippen molar-refractivity contribution in [1.82, 2.24) is 19.7 Å². The number of carboxylic acid groups (broad SMARTS) is 1. The van der Waals surface area contributed by atoms with Gasteiger partial charge in [-0.3, -0.25) is 9.36 Å². The second-order valence-electron chi connectivity index (χ2n) is 5.49. The van der Waals surface area contributed by atoms with Gasteiger partial charge in [0.2, 0.25) is 5.91 Å². The summed E-state index contributed by atoms with van der Waals surface area (Å²) in [6.45, 7) is 0.733. The Kier molecular flexibility index (Phi) is 4.85. The standard InChI is InChI=1S/C16H18N4O4/c21-15(19-8-9-24-13(10-19)16(22)23)7-6-14-18-17-11-20(14)12-4-2-1-3-5-12/h1-5,11,13H,6-10H2,(H,22,23). The lowest BCUT2D eigenvalue weighted by Crippen LogP contribution is -2.48. The van der Waals surface area contributed by atoms with E-state index in [1.807, 2.05) is 34.9 Å². The molecule has 8 nitrogen and oxygen atoms in total. The van der Waals surface area contributed by atoms with Crippen LogP contribution in [-0.2, 0) is 20.7 Å². The third-order valence-corrected chi connectivity index (χ3v) is 3.91. The molecule has 1 unspecified atom stereocenters. The van der Waals surface area contributed by atoms with E-state index in [2.05, 4.69) is 10.2 Å². The van der Waals surface area contributed by atoms with Crippen LogP contribution in [-0.4, -0.2) is 62.4 Å². The van der Waals surface area contributed by atoms with Gasteiger partial charge in [-0.1, -0.05) is 18.2 Å². The summed E-state index contributed by atoms with van der Waals surface area (Å²) < 4.78 is 6.97. The van der Waals surface area contributed by atoms with Crippen LogP contribution in [0.5, 0.6) is 0 Å². The van der Waals surface area contributed by atoms with E-state index in [1.165, 1.54) is 4.90 Å². The first-order valence-electron chi connectivity index (χ1n) is 7.71. The molecule has 1 N–H and O–H groups in total. The predicted molar refractivity (Wildman–Crippen MR) is 83.6 cm³/mol. The van der Waals surface area contributed by atoms with E-state index >= 15 is 0 Å². The Labute approximate surface area is 138 Å². The van der Waals surface area contributed by atoms with Crippen molar-refractivity contribution in [1.29, 1.82) is 0 Å². The number of amides is 1. The van der Waals surface area contributed by atoms with Crippen molar-refractivity contribution in [2.24, 2.45) is 0 Å². The molecule has 0 spiro atoms. The zero-order chi connectivity index (χ0) is 16.9. The summed E-state index contributed by atoms with van der Waals surface area (Å²) in [4.78, 5) is 24.8. The molecule has 1 aliphatic heterocycles. The molecule has 1 fully saturated rings.